The van der Waals surface area contributed by atoms with E-state index in [0.29, 0.717) is 5.92 Å². The molecule has 0 radical (unpaired) electrons. The van der Waals surface area contributed by atoms with E-state index in [9.17, 15) is 0 Å². The molecular weight excluding hydrogens is 262 g/mol. The summed E-state index contributed by atoms with van der Waals surface area (Å²) in [7, 11) is 0. The normalized spacial score (nSPS) is 26.7. The summed E-state index contributed by atoms with van der Waals surface area (Å²) < 4.78 is 11.9. The molecule has 126 valence electrons. The van der Waals surface area contributed by atoms with Gasteiger partial charge in [0.05, 0.1) is 18.8 Å². The second-order valence-corrected chi connectivity index (χ2v) is 7.36. The van der Waals surface area contributed by atoms with Crippen LogP contribution in [-0.4, -0.2) is 38.5 Å². The number of hydrogen-bond acceptors (Lipinski definition) is 3. The Balaban J connectivity index is 2.37. The lowest BCUT2D eigenvalue weighted by Gasteiger charge is -2.41. The Morgan fingerprint density at radius 1 is 1.10 bits per heavy atom. The van der Waals surface area contributed by atoms with Crippen molar-refractivity contribution in [2.75, 3.05) is 32.9 Å². The molecule has 1 N–H and O–H groups in total. The summed E-state index contributed by atoms with van der Waals surface area (Å²) in [5.41, 5.74) is 0.0442. The topological polar surface area (TPSA) is 30.5 Å². The molecule has 0 saturated heterocycles. The van der Waals surface area contributed by atoms with Crippen LogP contribution in [0, 0.1) is 17.8 Å². The first-order chi connectivity index (χ1) is 9.99. The first-order valence-corrected chi connectivity index (χ1v) is 8.91. The van der Waals surface area contributed by atoms with Crippen LogP contribution in [0.2, 0.25) is 0 Å². The van der Waals surface area contributed by atoms with Crippen LogP contribution in [0.1, 0.15) is 60.3 Å². The highest BCUT2D eigenvalue weighted by molar-refractivity contribution is 4.90. The van der Waals surface area contributed by atoms with Crippen LogP contribution in [0.15, 0.2) is 0 Å². The highest BCUT2D eigenvalue weighted by atomic mass is 16.5. The van der Waals surface area contributed by atoms with E-state index >= 15 is 0 Å². The number of rotatable bonds is 10. The maximum absolute atomic E-state index is 6.30. The molecule has 3 heteroatoms. The van der Waals surface area contributed by atoms with Gasteiger partial charge in [-0.05, 0) is 50.0 Å². The first kappa shape index (κ1) is 18.9. The van der Waals surface area contributed by atoms with E-state index in [1.165, 1.54) is 25.7 Å². The van der Waals surface area contributed by atoms with Crippen LogP contribution < -0.4 is 5.32 Å². The maximum Gasteiger partial charge on any atom is 0.0807 e. The predicted molar refractivity (Wildman–Crippen MR) is 89.7 cm³/mol. The van der Waals surface area contributed by atoms with Crippen molar-refractivity contribution in [1.82, 2.24) is 5.32 Å². The van der Waals surface area contributed by atoms with Crippen LogP contribution in [0.5, 0.6) is 0 Å². The van der Waals surface area contributed by atoms with Gasteiger partial charge in [0.15, 0.2) is 0 Å². The summed E-state index contributed by atoms with van der Waals surface area (Å²) in [6.07, 6.45) is 4.98. The average molecular weight is 299 g/mol. The van der Waals surface area contributed by atoms with Crippen molar-refractivity contribution in [3.05, 3.63) is 0 Å². The van der Waals surface area contributed by atoms with Crippen LogP contribution in [-0.2, 0) is 9.47 Å². The molecule has 21 heavy (non-hydrogen) atoms. The van der Waals surface area contributed by atoms with Crippen LogP contribution in [0.4, 0.5) is 0 Å². The number of nitrogens with one attached hydrogen (secondary N) is 1. The molecule has 0 aromatic carbocycles. The Bertz CT molecular complexity index is 258. The van der Waals surface area contributed by atoms with Crippen molar-refractivity contribution in [3.63, 3.8) is 0 Å². The minimum absolute atomic E-state index is 0.0442. The van der Waals surface area contributed by atoms with Gasteiger partial charge < -0.3 is 14.8 Å². The minimum Gasteiger partial charge on any atom is -0.379 e. The second-order valence-electron chi connectivity index (χ2n) is 7.36. The zero-order valence-electron chi connectivity index (χ0n) is 14.9. The summed E-state index contributed by atoms with van der Waals surface area (Å²) in [5.74, 6) is 2.28. The third kappa shape index (κ3) is 7.12. The average Bonchev–Trinajstić information content (AvgIpc) is 2.45. The zero-order chi connectivity index (χ0) is 15.7. The van der Waals surface area contributed by atoms with Gasteiger partial charge in [-0.2, -0.15) is 0 Å². The molecule has 0 atom stereocenters. The van der Waals surface area contributed by atoms with E-state index < -0.39 is 0 Å². The van der Waals surface area contributed by atoms with Gasteiger partial charge in [0.1, 0.15) is 0 Å². The summed E-state index contributed by atoms with van der Waals surface area (Å²) in [5, 5.41) is 3.50. The fraction of sp³-hybridized carbons (Fsp3) is 1.00. The lowest BCUT2D eigenvalue weighted by Crippen LogP contribution is -2.47. The summed E-state index contributed by atoms with van der Waals surface area (Å²) in [6, 6.07) is 0. The van der Waals surface area contributed by atoms with E-state index in [0.717, 1.165) is 44.7 Å². The third-order valence-electron chi connectivity index (χ3n) is 4.67. The first-order valence-electron chi connectivity index (χ1n) is 8.91. The molecule has 0 bridgehead atoms. The molecule has 1 rings (SSSR count). The molecule has 0 aromatic heterocycles. The van der Waals surface area contributed by atoms with Gasteiger partial charge in [-0.25, -0.2) is 0 Å². The summed E-state index contributed by atoms with van der Waals surface area (Å²) in [4.78, 5) is 0. The third-order valence-corrected chi connectivity index (χ3v) is 4.67. The van der Waals surface area contributed by atoms with E-state index in [1.54, 1.807) is 0 Å². The summed E-state index contributed by atoms with van der Waals surface area (Å²) in [6.45, 7) is 15.5. The van der Waals surface area contributed by atoms with Gasteiger partial charge in [-0.15, -0.1) is 0 Å². The molecule has 0 spiro atoms. The van der Waals surface area contributed by atoms with Crippen molar-refractivity contribution >= 4 is 0 Å². The Morgan fingerprint density at radius 3 is 2.29 bits per heavy atom. The van der Waals surface area contributed by atoms with E-state index in [1.807, 2.05) is 0 Å². The smallest absolute Gasteiger partial charge is 0.0807 e. The Morgan fingerprint density at radius 2 is 1.76 bits per heavy atom. The van der Waals surface area contributed by atoms with Crippen LogP contribution >= 0.6 is 0 Å². The van der Waals surface area contributed by atoms with Gasteiger partial charge in [0.25, 0.3) is 0 Å². The molecule has 1 aliphatic rings. The fourth-order valence-electron chi connectivity index (χ4n) is 3.19. The van der Waals surface area contributed by atoms with Gasteiger partial charge in [0.2, 0.25) is 0 Å². The van der Waals surface area contributed by atoms with Gasteiger partial charge >= 0.3 is 0 Å². The maximum atomic E-state index is 6.30. The standard InChI is InChI=1S/C18H37NO2/c1-6-19-14-18(21-12-11-20-13-15(2)3)9-7-17(8-10-18)16(4)5/h15-17,19H,6-14H2,1-5H3. The molecular formula is C18H37NO2. The van der Waals surface area contributed by atoms with E-state index in [-0.39, 0.29) is 5.60 Å². The van der Waals surface area contributed by atoms with Crippen LogP contribution in [0.3, 0.4) is 0 Å². The highest BCUT2D eigenvalue weighted by Crippen LogP contribution is 2.37. The largest absolute Gasteiger partial charge is 0.379 e. The van der Waals surface area contributed by atoms with Crippen LogP contribution in [0.25, 0.3) is 0 Å². The molecule has 0 unspecified atom stereocenters. The number of hydrogen-bond donors (Lipinski definition) is 1. The molecule has 1 fully saturated rings. The molecule has 0 amide bonds. The number of ether oxygens (including phenoxy) is 2. The molecule has 0 aromatic rings. The molecule has 1 saturated carbocycles. The van der Waals surface area contributed by atoms with Crippen molar-refractivity contribution < 1.29 is 9.47 Å². The SMILES string of the molecule is CCNCC1(OCCOCC(C)C)CCC(C(C)C)CC1. The Hall–Kier alpha value is -0.120. The van der Waals surface area contributed by atoms with Crippen molar-refractivity contribution in [3.8, 4) is 0 Å². The zero-order valence-corrected chi connectivity index (χ0v) is 14.9. The molecule has 0 heterocycles. The van der Waals surface area contributed by atoms with Gasteiger partial charge in [-0.3, -0.25) is 0 Å². The Labute approximate surface area is 132 Å². The lowest BCUT2D eigenvalue weighted by atomic mass is 9.74. The van der Waals surface area contributed by atoms with Gasteiger partial charge in [0, 0.05) is 13.2 Å². The summed E-state index contributed by atoms with van der Waals surface area (Å²) >= 11 is 0. The highest BCUT2D eigenvalue weighted by Gasteiger charge is 2.36. The quantitative estimate of drug-likeness (QED) is 0.621. The van der Waals surface area contributed by atoms with Crippen molar-refractivity contribution in [2.24, 2.45) is 17.8 Å². The monoisotopic (exact) mass is 299 g/mol. The Kier molecular flexibility index (Phi) is 8.84. The second kappa shape index (κ2) is 9.81. The lowest BCUT2D eigenvalue weighted by molar-refractivity contribution is -0.0961. The van der Waals surface area contributed by atoms with E-state index in [4.69, 9.17) is 9.47 Å². The number of likely N-dealkylation sites (N-methyl/N-ethyl adjacent to an activating group) is 1. The predicted octanol–water partition coefficient (Wildman–Crippen LogP) is 3.87. The molecule has 3 nitrogen and oxygen atoms in total. The van der Waals surface area contributed by atoms with Crippen molar-refractivity contribution in [2.45, 2.75) is 65.9 Å². The van der Waals surface area contributed by atoms with Gasteiger partial charge in [-0.1, -0.05) is 34.6 Å². The molecule has 1 aliphatic carbocycles. The fourth-order valence-corrected chi connectivity index (χ4v) is 3.19. The minimum atomic E-state index is 0.0442. The van der Waals surface area contributed by atoms with Crippen molar-refractivity contribution in [1.29, 1.82) is 0 Å². The van der Waals surface area contributed by atoms with E-state index in [2.05, 4.69) is 39.9 Å². The molecule has 0 aliphatic heterocycles.